The molecule has 0 aliphatic rings. The van der Waals surface area contributed by atoms with Gasteiger partial charge < -0.3 is 14.6 Å². The Labute approximate surface area is 224 Å². The number of thiazole rings is 1. The van der Waals surface area contributed by atoms with Crippen LogP contribution in [0.4, 0.5) is 13.9 Å². The number of para-hydroxylation sites is 1. The molecule has 2 aromatic carbocycles. The van der Waals surface area contributed by atoms with E-state index in [1.807, 2.05) is 18.2 Å². The fourth-order valence-corrected chi connectivity index (χ4v) is 4.46. The number of aliphatic carboxylic acids is 1. The molecule has 1 amide bonds. The number of anilines is 1. The second kappa shape index (κ2) is 13.3. The first-order valence-electron chi connectivity index (χ1n) is 12.1. The maximum atomic E-state index is 14.5. The minimum absolute atomic E-state index is 0.231. The van der Waals surface area contributed by atoms with E-state index in [4.69, 9.17) is 14.6 Å². The van der Waals surface area contributed by atoms with Gasteiger partial charge in [-0.05, 0) is 37.1 Å². The fourth-order valence-electron chi connectivity index (χ4n) is 3.76. The second-order valence-electron chi connectivity index (χ2n) is 8.67. The third kappa shape index (κ3) is 7.02. The lowest BCUT2D eigenvalue weighted by atomic mass is 10.1. The number of methoxy groups -OCH3 is 1. The topological polar surface area (TPSA) is 97.8 Å². The minimum atomic E-state index is -1.30. The van der Waals surface area contributed by atoms with E-state index in [0.717, 1.165) is 53.5 Å². The molecule has 38 heavy (non-hydrogen) atoms. The maximum absolute atomic E-state index is 14.5. The van der Waals surface area contributed by atoms with Crippen LogP contribution in [0.15, 0.2) is 41.3 Å². The molecule has 202 valence electrons. The predicted molar refractivity (Wildman–Crippen MR) is 143 cm³/mol. The molecule has 0 fully saturated rings. The van der Waals surface area contributed by atoms with Crippen molar-refractivity contribution in [2.45, 2.75) is 40.2 Å². The van der Waals surface area contributed by atoms with Crippen LogP contribution in [0.2, 0.25) is 0 Å². The highest BCUT2D eigenvalue weighted by atomic mass is 32.1. The number of carbonyl (C=O) groups excluding carboxylic acids is 1. The highest BCUT2D eigenvalue weighted by molar-refractivity contribution is 7.14. The molecule has 0 spiro atoms. The van der Waals surface area contributed by atoms with E-state index in [2.05, 4.69) is 24.1 Å². The predicted octanol–water partition coefficient (Wildman–Crippen LogP) is 6.79. The lowest BCUT2D eigenvalue weighted by Crippen LogP contribution is -2.13. The van der Waals surface area contributed by atoms with Gasteiger partial charge in [0, 0.05) is 39.8 Å². The van der Waals surface area contributed by atoms with Gasteiger partial charge in [0.05, 0.1) is 19.4 Å². The van der Waals surface area contributed by atoms with Crippen LogP contribution in [0, 0.1) is 17.6 Å². The number of nitrogens with one attached hydrogen (secondary N) is 1. The summed E-state index contributed by atoms with van der Waals surface area (Å²) < 4.78 is 40.5. The molecule has 3 aromatic rings. The van der Waals surface area contributed by atoms with Gasteiger partial charge in [0.25, 0.3) is 5.91 Å². The average Bonchev–Trinajstić information content (AvgIpc) is 3.36. The molecule has 10 heteroatoms. The molecule has 7 nitrogen and oxygen atoms in total. The number of nitrogens with zero attached hydrogens (tertiary/aromatic N) is 1. The lowest BCUT2D eigenvalue weighted by molar-refractivity contribution is -0.132. The van der Waals surface area contributed by atoms with Gasteiger partial charge in [-0.1, -0.05) is 38.8 Å². The van der Waals surface area contributed by atoms with E-state index in [9.17, 15) is 18.4 Å². The van der Waals surface area contributed by atoms with Gasteiger partial charge in [0.15, 0.2) is 5.13 Å². The van der Waals surface area contributed by atoms with Crippen molar-refractivity contribution in [2.24, 2.45) is 5.92 Å². The number of carbonyl (C=O) groups is 2. The van der Waals surface area contributed by atoms with Crippen LogP contribution in [0.1, 0.15) is 55.1 Å². The Morgan fingerprint density at radius 1 is 1.18 bits per heavy atom. The Bertz CT molecular complexity index is 1310. The van der Waals surface area contributed by atoms with Crippen LogP contribution < -0.4 is 10.1 Å². The highest BCUT2D eigenvalue weighted by Crippen LogP contribution is 2.35. The number of hydrogen-bond acceptors (Lipinski definition) is 6. The standard InChI is InChI=1S/C28H30F2N2O5S/c1-5-17(6-2)13-37-14-18-8-7-9-20(25(18)36-4)24-15-38-28(31-24)32-26(33)19-11-22(29)21(23(30)12-19)10-16(3)27(34)35/h7-12,15,17H,5-6,13-14H2,1-4H3,(H,34,35)(H,31,32,33). The first-order chi connectivity index (χ1) is 18.2. The molecule has 1 aromatic heterocycles. The fraction of sp³-hybridized carbons (Fsp3) is 0.321. The van der Waals surface area contributed by atoms with Crippen molar-refractivity contribution >= 4 is 34.4 Å². The molecule has 0 radical (unpaired) electrons. The zero-order valence-electron chi connectivity index (χ0n) is 21.6. The number of carboxylic acids is 1. The molecule has 0 unspecified atom stereocenters. The van der Waals surface area contributed by atoms with Crippen molar-refractivity contribution in [1.29, 1.82) is 0 Å². The monoisotopic (exact) mass is 544 g/mol. The average molecular weight is 545 g/mol. The molecule has 0 saturated carbocycles. The van der Waals surface area contributed by atoms with Gasteiger partial charge in [-0.25, -0.2) is 18.6 Å². The van der Waals surface area contributed by atoms with Crippen molar-refractivity contribution in [1.82, 2.24) is 4.98 Å². The molecule has 3 rings (SSSR count). The number of aromatic nitrogens is 1. The van der Waals surface area contributed by atoms with Crippen molar-refractivity contribution in [3.63, 3.8) is 0 Å². The van der Waals surface area contributed by atoms with Crippen molar-refractivity contribution in [3.8, 4) is 17.0 Å². The molecule has 0 atom stereocenters. The SMILES string of the molecule is CCC(CC)COCc1cccc(-c2csc(NC(=O)c3cc(F)c(C=C(C)C(=O)O)c(F)c3)n2)c1OC. The van der Waals surface area contributed by atoms with E-state index >= 15 is 0 Å². The Hall–Kier alpha value is -3.63. The molecule has 0 saturated heterocycles. The number of halogens is 2. The largest absolute Gasteiger partial charge is 0.496 e. The summed E-state index contributed by atoms with van der Waals surface area (Å²) in [6, 6.07) is 7.34. The van der Waals surface area contributed by atoms with Crippen LogP contribution >= 0.6 is 11.3 Å². The number of amides is 1. The quantitative estimate of drug-likeness (QED) is 0.244. The maximum Gasteiger partial charge on any atom is 0.331 e. The smallest absolute Gasteiger partial charge is 0.331 e. The first-order valence-corrected chi connectivity index (χ1v) is 13.0. The van der Waals surface area contributed by atoms with Crippen molar-refractivity contribution < 1.29 is 33.0 Å². The van der Waals surface area contributed by atoms with E-state index < -0.39 is 29.1 Å². The molecule has 0 aliphatic heterocycles. The van der Waals surface area contributed by atoms with E-state index in [-0.39, 0.29) is 16.3 Å². The van der Waals surface area contributed by atoms with Crippen LogP contribution in [0.5, 0.6) is 5.75 Å². The van der Waals surface area contributed by atoms with Crippen LogP contribution in [-0.2, 0) is 16.1 Å². The number of rotatable bonds is 12. The zero-order chi connectivity index (χ0) is 27.8. The normalized spacial score (nSPS) is 11.6. The van der Waals surface area contributed by atoms with Gasteiger partial charge in [-0.2, -0.15) is 0 Å². The zero-order valence-corrected chi connectivity index (χ0v) is 22.5. The third-order valence-corrected chi connectivity index (χ3v) is 6.86. The third-order valence-electron chi connectivity index (χ3n) is 6.11. The molecule has 2 N–H and O–H groups in total. The summed E-state index contributed by atoms with van der Waals surface area (Å²) in [5, 5.41) is 13.5. The van der Waals surface area contributed by atoms with Gasteiger partial charge in [0.2, 0.25) is 0 Å². The number of ether oxygens (including phenoxy) is 2. The van der Waals surface area contributed by atoms with E-state index in [0.29, 0.717) is 30.6 Å². The first kappa shape index (κ1) is 28.9. The summed E-state index contributed by atoms with van der Waals surface area (Å²) in [5.41, 5.74) is 1.10. The Balaban J connectivity index is 1.77. The van der Waals surface area contributed by atoms with Gasteiger partial charge in [0.1, 0.15) is 17.4 Å². The molecular weight excluding hydrogens is 514 g/mol. The minimum Gasteiger partial charge on any atom is -0.496 e. The second-order valence-corrected chi connectivity index (χ2v) is 9.53. The lowest BCUT2D eigenvalue weighted by Gasteiger charge is -2.15. The summed E-state index contributed by atoms with van der Waals surface area (Å²) in [6.45, 7) is 6.54. The van der Waals surface area contributed by atoms with Crippen molar-refractivity contribution in [3.05, 3.63) is 69.6 Å². The Morgan fingerprint density at radius 2 is 1.87 bits per heavy atom. The summed E-state index contributed by atoms with van der Waals surface area (Å²) in [4.78, 5) is 28.1. The van der Waals surface area contributed by atoms with Crippen LogP contribution in [0.25, 0.3) is 17.3 Å². The molecular formula is C28H30F2N2O5S. The summed E-state index contributed by atoms with van der Waals surface area (Å²) in [5.74, 6) is -3.06. The van der Waals surface area contributed by atoms with E-state index in [1.54, 1.807) is 12.5 Å². The van der Waals surface area contributed by atoms with Crippen LogP contribution in [-0.4, -0.2) is 35.7 Å². The van der Waals surface area contributed by atoms with Crippen LogP contribution in [0.3, 0.4) is 0 Å². The summed E-state index contributed by atoms with van der Waals surface area (Å²) in [7, 11) is 1.57. The van der Waals surface area contributed by atoms with Gasteiger partial charge in [-0.15, -0.1) is 11.3 Å². The molecule has 1 heterocycles. The van der Waals surface area contributed by atoms with Crippen molar-refractivity contribution in [2.75, 3.05) is 19.0 Å². The molecule has 0 aliphatic carbocycles. The highest BCUT2D eigenvalue weighted by Gasteiger charge is 2.18. The van der Waals surface area contributed by atoms with E-state index in [1.165, 1.54) is 6.92 Å². The number of carboxylic acid groups (broad SMARTS) is 1. The molecule has 0 bridgehead atoms. The Kier molecular flexibility index (Phi) is 10.1. The number of hydrogen-bond donors (Lipinski definition) is 2. The van der Waals surface area contributed by atoms with Gasteiger partial charge >= 0.3 is 5.97 Å². The van der Waals surface area contributed by atoms with Gasteiger partial charge in [-0.3, -0.25) is 10.1 Å². The summed E-state index contributed by atoms with van der Waals surface area (Å²) >= 11 is 1.15. The number of benzene rings is 2. The summed E-state index contributed by atoms with van der Waals surface area (Å²) in [6.07, 6.45) is 2.97. The Morgan fingerprint density at radius 3 is 2.47 bits per heavy atom.